The van der Waals surface area contributed by atoms with Gasteiger partial charge in [-0.1, -0.05) is 0 Å². The van der Waals surface area contributed by atoms with E-state index in [1.807, 2.05) is 0 Å². The van der Waals surface area contributed by atoms with Gasteiger partial charge in [-0.2, -0.15) is 0 Å². The van der Waals surface area contributed by atoms with Crippen molar-refractivity contribution < 1.29 is 18.5 Å². The van der Waals surface area contributed by atoms with E-state index < -0.39 is 18.8 Å². The first kappa shape index (κ1) is 7.70. The highest BCUT2D eigenvalue weighted by atomic mass is 19.1. The molecular formula is C7H5BF2O2. The average Bonchev–Trinajstić information content (AvgIpc) is 2.33. The van der Waals surface area contributed by atoms with Crippen LogP contribution in [0.5, 0.6) is 0 Å². The first-order chi connectivity index (χ1) is 5.68. The summed E-state index contributed by atoms with van der Waals surface area (Å²) in [5.74, 6) is -1.36. The van der Waals surface area contributed by atoms with Crippen molar-refractivity contribution >= 4 is 12.6 Å². The number of fused-ring (bicyclic) bond motifs is 1. The van der Waals surface area contributed by atoms with Gasteiger partial charge in [0.05, 0.1) is 6.61 Å². The molecule has 0 saturated heterocycles. The van der Waals surface area contributed by atoms with Crippen molar-refractivity contribution in [2.45, 2.75) is 6.61 Å². The van der Waals surface area contributed by atoms with Gasteiger partial charge >= 0.3 is 7.12 Å². The van der Waals surface area contributed by atoms with Crippen LogP contribution in [0, 0.1) is 11.6 Å². The molecule has 0 unspecified atom stereocenters. The molecule has 12 heavy (non-hydrogen) atoms. The summed E-state index contributed by atoms with van der Waals surface area (Å²) in [5, 5.41) is 9.07. The highest BCUT2D eigenvalue weighted by Gasteiger charge is 2.30. The molecule has 0 spiro atoms. The normalized spacial score (nSPS) is 15.1. The predicted molar refractivity (Wildman–Crippen MR) is 38.8 cm³/mol. The quantitative estimate of drug-likeness (QED) is 0.562. The monoisotopic (exact) mass is 170 g/mol. The molecule has 0 bridgehead atoms. The van der Waals surface area contributed by atoms with Crippen LogP contribution in [0.25, 0.3) is 0 Å². The summed E-state index contributed by atoms with van der Waals surface area (Å²) in [7, 11) is -1.19. The van der Waals surface area contributed by atoms with Gasteiger partial charge in [-0.25, -0.2) is 8.78 Å². The maximum Gasteiger partial charge on any atom is 0.491 e. The van der Waals surface area contributed by atoms with Crippen molar-refractivity contribution in [1.82, 2.24) is 0 Å². The highest BCUT2D eigenvalue weighted by molar-refractivity contribution is 6.61. The minimum Gasteiger partial charge on any atom is -0.423 e. The topological polar surface area (TPSA) is 29.5 Å². The van der Waals surface area contributed by atoms with Crippen LogP contribution in [-0.2, 0) is 11.3 Å². The predicted octanol–water partition coefficient (Wildman–Crippen LogP) is 0.183. The molecule has 0 fully saturated rings. The maximum absolute atomic E-state index is 12.9. The molecule has 0 aliphatic carbocycles. The molecule has 1 heterocycles. The lowest BCUT2D eigenvalue weighted by Gasteiger charge is -1.98. The van der Waals surface area contributed by atoms with E-state index >= 15 is 0 Å². The smallest absolute Gasteiger partial charge is 0.423 e. The van der Waals surface area contributed by atoms with E-state index in [-0.39, 0.29) is 17.6 Å². The molecule has 1 aromatic carbocycles. The Balaban J connectivity index is 2.60. The van der Waals surface area contributed by atoms with Gasteiger partial charge in [0.15, 0.2) is 0 Å². The van der Waals surface area contributed by atoms with E-state index in [1.165, 1.54) is 0 Å². The van der Waals surface area contributed by atoms with Gasteiger partial charge in [-0.05, 0) is 11.5 Å². The van der Waals surface area contributed by atoms with Crippen molar-refractivity contribution in [3.05, 3.63) is 29.3 Å². The third kappa shape index (κ3) is 1.02. The second kappa shape index (κ2) is 2.53. The number of hydrogen-bond donors (Lipinski definition) is 1. The molecule has 0 aromatic heterocycles. The summed E-state index contributed by atoms with van der Waals surface area (Å²) in [6.45, 7) is 0.00259. The van der Waals surface area contributed by atoms with E-state index in [1.54, 1.807) is 0 Å². The van der Waals surface area contributed by atoms with Gasteiger partial charge < -0.3 is 9.68 Å². The molecule has 2 rings (SSSR count). The first-order valence-electron chi connectivity index (χ1n) is 3.46. The minimum atomic E-state index is -1.19. The molecule has 0 saturated carbocycles. The lowest BCUT2D eigenvalue weighted by Crippen LogP contribution is -2.28. The van der Waals surface area contributed by atoms with E-state index in [4.69, 9.17) is 9.68 Å². The SMILES string of the molecule is OB1OCc2c(F)cc(F)cc21. The van der Waals surface area contributed by atoms with Gasteiger partial charge in [0.25, 0.3) is 0 Å². The Morgan fingerprint density at radius 3 is 2.92 bits per heavy atom. The first-order valence-corrected chi connectivity index (χ1v) is 3.46. The van der Waals surface area contributed by atoms with Crippen LogP contribution < -0.4 is 5.46 Å². The van der Waals surface area contributed by atoms with Crippen LogP contribution in [-0.4, -0.2) is 12.1 Å². The zero-order chi connectivity index (χ0) is 8.72. The molecule has 1 aromatic rings. The van der Waals surface area contributed by atoms with E-state index in [9.17, 15) is 8.78 Å². The van der Waals surface area contributed by atoms with E-state index in [0.29, 0.717) is 0 Å². The fourth-order valence-corrected chi connectivity index (χ4v) is 1.25. The summed E-state index contributed by atoms with van der Waals surface area (Å²) in [4.78, 5) is 0. The molecule has 1 aliphatic rings. The second-order valence-corrected chi connectivity index (χ2v) is 2.62. The minimum absolute atomic E-state index is 0.00259. The summed E-state index contributed by atoms with van der Waals surface area (Å²) < 4.78 is 30.2. The molecule has 2 nitrogen and oxygen atoms in total. The number of hydrogen-bond acceptors (Lipinski definition) is 2. The zero-order valence-corrected chi connectivity index (χ0v) is 6.05. The fourth-order valence-electron chi connectivity index (χ4n) is 1.25. The summed E-state index contributed by atoms with van der Waals surface area (Å²) >= 11 is 0. The van der Waals surface area contributed by atoms with Crippen molar-refractivity contribution in [2.75, 3.05) is 0 Å². The van der Waals surface area contributed by atoms with Gasteiger partial charge in [-0.3, -0.25) is 0 Å². The Labute approximate surface area is 67.9 Å². The number of rotatable bonds is 0. The van der Waals surface area contributed by atoms with Crippen LogP contribution in [0.3, 0.4) is 0 Å². The Hall–Kier alpha value is -0.935. The number of benzene rings is 1. The van der Waals surface area contributed by atoms with E-state index in [0.717, 1.165) is 12.1 Å². The van der Waals surface area contributed by atoms with Gasteiger partial charge in [0, 0.05) is 11.6 Å². The largest absolute Gasteiger partial charge is 0.491 e. The molecular weight excluding hydrogens is 165 g/mol. The lowest BCUT2D eigenvalue weighted by atomic mass is 9.79. The van der Waals surface area contributed by atoms with Crippen LogP contribution in [0.4, 0.5) is 8.78 Å². The van der Waals surface area contributed by atoms with Crippen molar-refractivity contribution in [1.29, 1.82) is 0 Å². The van der Waals surface area contributed by atoms with Crippen LogP contribution >= 0.6 is 0 Å². The van der Waals surface area contributed by atoms with Crippen molar-refractivity contribution in [3.8, 4) is 0 Å². The van der Waals surface area contributed by atoms with Crippen LogP contribution in [0.15, 0.2) is 12.1 Å². The molecule has 0 radical (unpaired) electrons. The van der Waals surface area contributed by atoms with Crippen molar-refractivity contribution in [3.63, 3.8) is 0 Å². The Morgan fingerprint density at radius 1 is 1.42 bits per heavy atom. The summed E-state index contributed by atoms with van der Waals surface area (Å²) in [5.41, 5.74) is 0.427. The Kier molecular flexibility index (Phi) is 1.63. The maximum atomic E-state index is 12.9. The van der Waals surface area contributed by atoms with Gasteiger partial charge in [0.1, 0.15) is 11.6 Å². The van der Waals surface area contributed by atoms with Gasteiger partial charge in [0.2, 0.25) is 0 Å². The Morgan fingerprint density at radius 2 is 2.17 bits per heavy atom. The molecule has 1 aliphatic heterocycles. The Bertz CT molecular complexity index is 329. The third-order valence-corrected chi connectivity index (χ3v) is 1.85. The van der Waals surface area contributed by atoms with Crippen molar-refractivity contribution in [2.24, 2.45) is 0 Å². The highest BCUT2D eigenvalue weighted by Crippen LogP contribution is 2.14. The summed E-state index contributed by atoms with van der Waals surface area (Å²) in [6, 6.07) is 1.86. The molecule has 1 N–H and O–H groups in total. The lowest BCUT2D eigenvalue weighted by molar-refractivity contribution is 0.272. The molecule has 0 atom stereocenters. The summed E-state index contributed by atoms with van der Waals surface area (Å²) in [6.07, 6.45) is 0. The van der Waals surface area contributed by atoms with Gasteiger partial charge in [-0.15, -0.1) is 0 Å². The fraction of sp³-hybridized carbons (Fsp3) is 0.143. The van der Waals surface area contributed by atoms with Crippen LogP contribution in [0.1, 0.15) is 5.56 Å². The molecule has 62 valence electrons. The van der Waals surface area contributed by atoms with Crippen LogP contribution in [0.2, 0.25) is 0 Å². The zero-order valence-electron chi connectivity index (χ0n) is 6.05. The molecule has 0 amide bonds. The molecule has 5 heteroatoms. The standard InChI is InChI=1S/C7H5BF2O2/c9-4-1-6-5(7(10)2-4)3-12-8(6)11/h1-2,11H,3H2. The van der Waals surface area contributed by atoms with E-state index in [2.05, 4.69) is 0 Å². The average molecular weight is 170 g/mol. The third-order valence-electron chi connectivity index (χ3n) is 1.85. The number of halogens is 2. The second-order valence-electron chi connectivity index (χ2n) is 2.62.